The summed E-state index contributed by atoms with van der Waals surface area (Å²) in [6.07, 6.45) is -0.791. The van der Waals surface area contributed by atoms with Crippen molar-refractivity contribution in [1.29, 1.82) is 5.26 Å². The van der Waals surface area contributed by atoms with Gasteiger partial charge in [-0.15, -0.1) is 0 Å². The predicted molar refractivity (Wildman–Crippen MR) is 123 cm³/mol. The van der Waals surface area contributed by atoms with Gasteiger partial charge in [-0.3, -0.25) is 14.5 Å². The monoisotopic (exact) mass is 528 g/mol. The Bertz CT molecular complexity index is 1340. The fourth-order valence-corrected chi connectivity index (χ4v) is 6.07. The molecule has 0 aliphatic heterocycles. The number of nitrogens with zero attached hydrogens (tertiary/aromatic N) is 2. The lowest BCUT2D eigenvalue weighted by molar-refractivity contribution is -0.122. The van der Waals surface area contributed by atoms with E-state index in [4.69, 9.17) is 5.73 Å². The molecule has 1 atom stereocenters. The number of amides is 1. The summed E-state index contributed by atoms with van der Waals surface area (Å²) in [6, 6.07) is 14.0. The van der Waals surface area contributed by atoms with E-state index >= 15 is 0 Å². The van der Waals surface area contributed by atoms with Crippen LogP contribution in [0, 0.1) is 11.3 Å². The number of halogens is 2. The number of sulfonamides is 1. The highest BCUT2D eigenvalue weighted by molar-refractivity contribution is 7.90. The Labute approximate surface area is 201 Å². The highest BCUT2D eigenvalue weighted by atomic mass is 32.2. The summed E-state index contributed by atoms with van der Waals surface area (Å²) in [5, 5.41) is 9.24. The second-order valence-electron chi connectivity index (χ2n) is 7.36. The summed E-state index contributed by atoms with van der Waals surface area (Å²) in [6.45, 7) is -2.04. The van der Waals surface area contributed by atoms with Gasteiger partial charge in [0, 0.05) is 5.56 Å². The van der Waals surface area contributed by atoms with Crippen molar-refractivity contribution in [2.45, 2.75) is 36.1 Å². The number of carbonyl (C=O) groups is 1. The molecule has 0 fully saturated rings. The number of alkyl halides is 2. The molecule has 0 unspecified atom stereocenters. The lowest BCUT2D eigenvalue weighted by atomic mass is 9.98. The van der Waals surface area contributed by atoms with Crippen molar-refractivity contribution in [3.63, 3.8) is 0 Å². The minimum atomic E-state index is -4.32. The molecule has 188 valence electrons. The van der Waals surface area contributed by atoms with Gasteiger partial charge in [0.05, 0.1) is 28.9 Å². The Morgan fingerprint density at radius 1 is 1.14 bits per heavy atom. The van der Waals surface area contributed by atoms with Gasteiger partial charge in [0.25, 0.3) is 10.0 Å². The molecule has 14 heteroatoms. The van der Waals surface area contributed by atoms with E-state index in [2.05, 4.69) is 14.5 Å². The molecule has 10 nitrogen and oxygen atoms in total. The molecular weight excluding hydrogens is 506 g/mol. The van der Waals surface area contributed by atoms with Gasteiger partial charge in [0.2, 0.25) is 5.91 Å². The summed E-state index contributed by atoms with van der Waals surface area (Å²) in [5.74, 6) is -3.99. The maximum absolute atomic E-state index is 13.0. The molecule has 0 bridgehead atoms. The number of sulfone groups is 1. The number of carbonyl (C=O) groups excluding carboxylic acids is 1. The molecule has 0 aromatic heterocycles. The Balaban J connectivity index is 2.41. The average Bonchev–Trinajstić information content (AvgIpc) is 2.74. The topological polar surface area (TPSA) is 169 Å². The first-order valence-electron chi connectivity index (χ1n) is 9.84. The third-order valence-electron chi connectivity index (χ3n) is 4.57. The quantitative estimate of drug-likeness (QED) is 0.331. The minimum Gasteiger partial charge on any atom is -0.435 e. The zero-order chi connectivity index (χ0) is 26.3. The first-order valence-corrected chi connectivity index (χ1v) is 13.1. The molecule has 2 aromatic rings. The molecular formula is C21H22F2N4O6S2. The number of nitrogens with one attached hydrogen (secondary N) is 1. The van der Waals surface area contributed by atoms with Gasteiger partial charge in [0.1, 0.15) is 11.6 Å². The number of nitriles is 1. The summed E-state index contributed by atoms with van der Waals surface area (Å²) < 4.78 is 82.8. The molecule has 0 heterocycles. The zero-order valence-corrected chi connectivity index (χ0v) is 20.0. The number of primary amides is 1. The number of hydrogen-bond donors (Lipinski definition) is 2. The fourth-order valence-electron chi connectivity index (χ4n) is 3.15. The molecule has 2 aromatic carbocycles. The Hall–Kier alpha value is -3.57. The van der Waals surface area contributed by atoms with Gasteiger partial charge in [-0.25, -0.2) is 16.8 Å². The van der Waals surface area contributed by atoms with Crippen molar-refractivity contribution in [3.8, 4) is 11.8 Å². The van der Waals surface area contributed by atoms with E-state index in [0.29, 0.717) is 0 Å². The van der Waals surface area contributed by atoms with Crippen molar-refractivity contribution in [2.75, 3.05) is 5.75 Å². The zero-order valence-electron chi connectivity index (χ0n) is 18.4. The lowest BCUT2D eigenvalue weighted by Gasteiger charge is -2.25. The van der Waals surface area contributed by atoms with Crippen molar-refractivity contribution in [1.82, 2.24) is 4.72 Å². The van der Waals surface area contributed by atoms with Gasteiger partial charge >= 0.3 is 6.61 Å². The van der Waals surface area contributed by atoms with Gasteiger partial charge in [-0.1, -0.05) is 36.4 Å². The van der Waals surface area contributed by atoms with Crippen molar-refractivity contribution in [3.05, 3.63) is 60.2 Å². The van der Waals surface area contributed by atoms with Crippen molar-refractivity contribution < 1.29 is 35.1 Å². The van der Waals surface area contributed by atoms with Crippen LogP contribution in [0.15, 0.2) is 64.5 Å². The van der Waals surface area contributed by atoms with E-state index in [-0.39, 0.29) is 22.0 Å². The molecule has 0 spiro atoms. The van der Waals surface area contributed by atoms with Crippen LogP contribution in [0.4, 0.5) is 8.78 Å². The second-order valence-corrected chi connectivity index (χ2v) is 11.1. The summed E-state index contributed by atoms with van der Waals surface area (Å²) in [5.41, 5.74) is 2.95. The lowest BCUT2D eigenvalue weighted by Crippen LogP contribution is -2.49. The highest BCUT2D eigenvalue weighted by Gasteiger charge is 2.42. The number of rotatable bonds is 11. The van der Waals surface area contributed by atoms with Gasteiger partial charge in [-0.2, -0.15) is 14.0 Å². The van der Waals surface area contributed by atoms with E-state index < -0.39 is 55.8 Å². The third-order valence-corrected chi connectivity index (χ3v) is 7.70. The largest absolute Gasteiger partial charge is 0.435 e. The Morgan fingerprint density at radius 2 is 1.74 bits per heavy atom. The molecule has 3 N–H and O–H groups in total. The van der Waals surface area contributed by atoms with Crippen LogP contribution in [0.2, 0.25) is 0 Å². The van der Waals surface area contributed by atoms with Gasteiger partial charge in [0.15, 0.2) is 15.4 Å². The van der Waals surface area contributed by atoms with E-state index in [1.54, 1.807) is 12.1 Å². The number of nitrogens with two attached hydrogens (primary N) is 1. The Kier molecular flexibility index (Phi) is 8.88. The Morgan fingerprint density at radius 3 is 2.31 bits per heavy atom. The standard InChI is InChI=1S/C21H22F2N4O6S2/c1-15(27-35(31,32)17-8-3-2-4-9-17)26-21(11-12-24,19(25)28)14-34(29,30)13-16-7-5-6-10-18(16)33-20(22)23/h2-10,20H,11,13-14H2,1H3,(H2,25,28)(H,26,27)/t21-/m0/s1. The first kappa shape index (κ1) is 27.7. The van der Waals surface area contributed by atoms with Gasteiger partial charge in [-0.05, 0) is 25.1 Å². The molecule has 0 radical (unpaired) electrons. The van der Waals surface area contributed by atoms with Crippen molar-refractivity contribution >= 4 is 31.6 Å². The van der Waals surface area contributed by atoms with Crippen LogP contribution < -0.4 is 15.2 Å². The van der Waals surface area contributed by atoms with Crippen LogP contribution in [0.25, 0.3) is 0 Å². The number of para-hydroxylation sites is 1. The van der Waals surface area contributed by atoms with Crippen LogP contribution in [0.1, 0.15) is 18.9 Å². The van der Waals surface area contributed by atoms with E-state index in [1.165, 1.54) is 42.5 Å². The number of ether oxygens (including phenoxy) is 1. The molecule has 2 rings (SSSR count). The first-order chi connectivity index (χ1) is 16.3. The van der Waals surface area contributed by atoms with Crippen molar-refractivity contribution in [2.24, 2.45) is 10.7 Å². The van der Waals surface area contributed by atoms with Crippen LogP contribution in [-0.2, 0) is 30.4 Å². The molecule has 0 saturated carbocycles. The average molecular weight is 529 g/mol. The minimum absolute atomic E-state index is 0.117. The fraction of sp³-hybridized carbons (Fsp3) is 0.286. The second kappa shape index (κ2) is 11.2. The van der Waals surface area contributed by atoms with Crippen LogP contribution in [0.5, 0.6) is 5.75 Å². The molecule has 0 aliphatic carbocycles. The molecule has 1 amide bonds. The van der Waals surface area contributed by atoms with E-state index in [9.17, 15) is 35.7 Å². The number of hydrogen-bond acceptors (Lipinski definition) is 8. The summed E-state index contributed by atoms with van der Waals surface area (Å²) in [7, 11) is -8.46. The molecule has 0 aliphatic rings. The van der Waals surface area contributed by atoms with E-state index in [1.807, 2.05) is 0 Å². The molecule has 35 heavy (non-hydrogen) atoms. The van der Waals surface area contributed by atoms with E-state index in [0.717, 1.165) is 13.0 Å². The summed E-state index contributed by atoms with van der Waals surface area (Å²) in [4.78, 5) is 16.1. The maximum atomic E-state index is 13.0. The smallest absolute Gasteiger partial charge is 0.387 e. The normalized spacial score (nSPS) is 14.1. The third kappa shape index (κ3) is 7.72. The maximum Gasteiger partial charge on any atom is 0.387 e. The number of aliphatic imine (C=N–C) groups is 1. The van der Waals surface area contributed by atoms with Gasteiger partial charge < -0.3 is 10.5 Å². The number of amidine groups is 1. The highest BCUT2D eigenvalue weighted by Crippen LogP contribution is 2.26. The molecule has 0 saturated heterocycles. The summed E-state index contributed by atoms with van der Waals surface area (Å²) >= 11 is 0. The van der Waals surface area contributed by atoms with Crippen LogP contribution in [-0.4, -0.2) is 46.5 Å². The number of benzene rings is 2. The SMILES string of the molecule is CC(=N[C@@](CC#N)(CS(=O)(=O)Cc1ccccc1OC(F)F)C(N)=O)NS(=O)(=O)c1ccccc1. The van der Waals surface area contributed by atoms with Crippen LogP contribution in [0.3, 0.4) is 0 Å². The predicted octanol–water partition coefficient (Wildman–Crippen LogP) is 1.74. The van der Waals surface area contributed by atoms with Crippen LogP contribution >= 0.6 is 0 Å².